The fourth-order valence-electron chi connectivity index (χ4n) is 3.40. The Morgan fingerprint density at radius 2 is 2.09 bits per heavy atom. The zero-order chi connectivity index (χ0) is 16.4. The molecule has 0 spiro atoms. The van der Waals surface area contributed by atoms with Crippen molar-refractivity contribution in [2.45, 2.75) is 46.5 Å². The predicted octanol–water partition coefficient (Wildman–Crippen LogP) is 2.49. The fourth-order valence-corrected chi connectivity index (χ4v) is 3.40. The van der Waals surface area contributed by atoms with Gasteiger partial charge in [-0.25, -0.2) is 0 Å². The van der Waals surface area contributed by atoms with Crippen molar-refractivity contribution in [2.24, 2.45) is 5.92 Å². The number of hydrogen-bond acceptors (Lipinski definition) is 3. The smallest absolute Gasteiger partial charge is 0.270 e. The zero-order valence-electron chi connectivity index (χ0n) is 13.9. The molecule has 0 saturated carbocycles. The van der Waals surface area contributed by atoms with Crippen molar-refractivity contribution in [3.63, 3.8) is 0 Å². The van der Waals surface area contributed by atoms with E-state index in [0.717, 1.165) is 24.1 Å². The lowest BCUT2D eigenvalue weighted by Crippen LogP contribution is -2.41. The number of carbonyl (C=O) groups is 2. The first-order valence-corrected chi connectivity index (χ1v) is 8.00. The molecule has 1 saturated heterocycles. The van der Waals surface area contributed by atoms with Gasteiger partial charge in [0.15, 0.2) is 5.78 Å². The number of carbonyl (C=O) groups excluding carboxylic acids is 2. The van der Waals surface area contributed by atoms with Gasteiger partial charge in [-0.1, -0.05) is 13.8 Å². The first kappa shape index (κ1) is 16.7. The van der Waals surface area contributed by atoms with Gasteiger partial charge in [-0.3, -0.25) is 9.59 Å². The first-order valence-electron chi connectivity index (χ1n) is 8.00. The lowest BCUT2D eigenvalue weighted by molar-refractivity contribution is 0.0614. The number of aromatic amines is 1. The van der Waals surface area contributed by atoms with Gasteiger partial charge in [-0.2, -0.15) is 0 Å². The molecule has 1 atom stereocenters. The molecule has 2 N–H and O–H groups in total. The van der Waals surface area contributed by atoms with Crippen LogP contribution < -0.4 is 0 Å². The van der Waals surface area contributed by atoms with Crippen molar-refractivity contribution in [3.8, 4) is 0 Å². The van der Waals surface area contributed by atoms with Crippen molar-refractivity contribution in [1.29, 1.82) is 0 Å². The summed E-state index contributed by atoms with van der Waals surface area (Å²) in [4.78, 5) is 29.7. The highest BCUT2D eigenvalue weighted by atomic mass is 16.3. The van der Waals surface area contributed by atoms with E-state index in [1.54, 1.807) is 11.8 Å². The molecule has 1 fully saturated rings. The van der Waals surface area contributed by atoms with Gasteiger partial charge in [-0.05, 0) is 44.1 Å². The molecule has 1 aliphatic rings. The van der Waals surface area contributed by atoms with E-state index < -0.39 is 0 Å². The van der Waals surface area contributed by atoms with Crippen molar-refractivity contribution in [1.82, 2.24) is 9.88 Å². The van der Waals surface area contributed by atoms with Gasteiger partial charge in [0.2, 0.25) is 0 Å². The quantitative estimate of drug-likeness (QED) is 0.839. The van der Waals surface area contributed by atoms with Gasteiger partial charge in [0.1, 0.15) is 5.69 Å². The van der Waals surface area contributed by atoms with E-state index in [2.05, 4.69) is 4.98 Å². The Hall–Kier alpha value is -1.62. The predicted molar refractivity (Wildman–Crippen MR) is 85.3 cm³/mol. The van der Waals surface area contributed by atoms with Gasteiger partial charge in [0.25, 0.3) is 5.91 Å². The third kappa shape index (κ3) is 3.09. The summed E-state index contributed by atoms with van der Waals surface area (Å²) in [6, 6.07) is 0. The van der Waals surface area contributed by atoms with Gasteiger partial charge in [0.05, 0.1) is 0 Å². The summed E-state index contributed by atoms with van der Waals surface area (Å²) in [5.41, 5.74) is 2.77. The summed E-state index contributed by atoms with van der Waals surface area (Å²) < 4.78 is 0. The molecule has 5 heteroatoms. The van der Waals surface area contributed by atoms with E-state index in [-0.39, 0.29) is 30.1 Å². The van der Waals surface area contributed by atoms with Crippen LogP contribution in [0, 0.1) is 12.8 Å². The second-order valence-electron chi connectivity index (χ2n) is 6.57. The Morgan fingerprint density at radius 3 is 2.64 bits per heavy atom. The maximum Gasteiger partial charge on any atom is 0.270 e. The minimum atomic E-state index is -0.0579. The van der Waals surface area contributed by atoms with Crippen LogP contribution in [-0.4, -0.2) is 46.4 Å². The number of nitrogens with one attached hydrogen (secondary N) is 1. The van der Waals surface area contributed by atoms with Crippen molar-refractivity contribution < 1.29 is 14.7 Å². The van der Waals surface area contributed by atoms with Crippen LogP contribution in [0.4, 0.5) is 0 Å². The van der Waals surface area contributed by atoms with Crippen LogP contribution in [0.1, 0.15) is 71.6 Å². The van der Waals surface area contributed by atoms with Crippen LogP contribution in [0.25, 0.3) is 0 Å². The van der Waals surface area contributed by atoms with Crippen LogP contribution in [0.3, 0.4) is 0 Å². The van der Waals surface area contributed by atoms with Gasteiger partial charge in [0, 0.05) is 31.0 Å². The number of aliphatic hydroxyl groups excluding tert-OH is 1. The summed E-state index contributed by atoms with van der Waals surface area (Å²) in [5, 5.41) is 9.33. The molecule has 5 nitrogen and oxygen atoms in total. The number of H-pyrrole nitrogens is 1. The molecule has 22 heavy (non-hydrogen) atoms. The van der Waals surface area contributed by atoms with Gasteiger partial charge in [-0.15, -0.1) is 0 Å². The second kappa shape index (κ2) is 6.65. The van der Waals surface area contributed by atoms with E-state index in [1.165, 1.54) is 0 Å². The number of rotatable bonds is 4. The average Bonchev–Trinajstić information content (AvgIpc) is 2.84. The van der Waals surface area contributed by atoms with Crippen molar-refractivity contribution in [3.05, 3.63) is 22.5 Å². The third-order valence-corrected chi connectivity index (χ3v) is 4.43. The molecule has 1 aromatic heterocycles. The number of ketones is 1. The standard InChI is InChI=1S/C17H26N2O3/c1-10(2)14-15(12(4)21)11(3)18-16(14)17(22)19-7-5-6-13(8-19)9-20/h10,13,18,20H,5-9H2,1-4H3. The van der Waals surface area contributed by atoms with Crippen LogP contribution in [0.5, 0.6) is 0 Å². The second-order valence-corrected chi connectivity index (χ2v) is 6.57. The maximum atomic E-state index is 12.9. The Balaban J connectivity index is 2.37. The summed E-state index contributed by atoms with van der Waals surface area (Å²) >= 11 is 0. The van der Waals surface area contributed by atoms with Gasteiger partial charge < -0.3 is 15.0 Å². The van der Waals surface area contributed by atoms with E-state index in [1.807, 2.05) is 20.8 Å². The highest BCUT2D eigenvalue weighted by Crippen LogP contribution is 2.29. The number of nitrogens with zero attached hydrogens (tertiary/aromatic N) is 1. The average molecular weight is 306 g/mol. The zero-order valence-corrected chi connectivity index (χ0v) is 13.9. The number of aryl methyl sites for hydroxylation is 1. The van der Waals surface area contributed by atoms with Crippen LogP contribution >= 0.6 is 0 Å². The highest BCUT2D eigenvalue weighted by molar-refractivity contribution is 6.03. The van der Waals surface area contributed by atoms with E-state index in [4.69, 9.17) is 0 Å². The first-order chi connectivity index (χ1) is 10.4. The number of likely N-dealkylation sites (tertiary alicyclic amines) is 1. The number of hydrogen-bond donors (Lipinski definition) is 2. The molecule has 0 aliphatic carbocycles. The lowest BCUT2D eigenvalue weighted by atomic mass is 9.94. The molecular formula is C17H26N2O3. The molecule has 2 rings (SSSR count). The van der Waals surface area contributed by atoms with Crippen LogP contribution in [-0.2, 0) is 0 Å². The van der Waals surface area contributed by atoms with Gasteiger partial charge >= 0.3 is 0 Å². The fraction of sp³-hybridized carbons (Fsp3) is 0.647. The lowest BCUT2D eigenvalue weighted by Gasteiger charge is -2.32. The Bertz CT molecular complexity index is 575. The molecule has 0 bridgehead atoms. The molecule has 0 aromatic carbocycles. The third-order valence-electron chi connectivity index (χ3n) is 4.43. The summed E-state index contributed by atoms with van der Waals surface area (Å²) in [6.45, 7) is 8.78. The highest BCUT2D eigenvalue weighted by Gasteiger charge is 2.30. The minimum Gasteiger partial charge on any atom is -0.396 e. The van der Waals surface area contributed by atoms with Crippen LogP contribution in [0.15, 0.2) is 0 Å². The van der Waals surface area contributed by atoms with Crippen molar-refractivity contribution in [2.75, 3.05) is 19.7 Å². The molecule has 1 aromatic rings. The molecule has 1 unspecified atom stereocenters. The number of piperidine rings is 1. The van der Waals surface area contributed by atoms with E-state index >= 15 is 0 Å². The molecule has 122 valence electrons. The molecule has 0 radical (unpaired) electrons. The van der Waals surface area contributed by atoms with E-state index in [0.29, 0.717) is 24.3 Å². The molecular weight excluding hydrogens is 280 g/mol. The topological polar surface area (TPSA) is 73.4 Å². The largest absolute Gasteiger partial charge is 0.396 e. The minimum absolute atomic E-state index is 0.0108. The Morgan fingerprint density at radius 1 is 1.41 bits per heavy atom. The molecule has 2 heterocycles. The molecule has 1 aliphatic heterocycles. The summed E-state index contributed by atoms with van der Waals surface area (Å²) in [6.07, 6.45) is 1.87. The van der Waals surface area contributed by atoms with Crippen LogP contribution in [0.2, 0.25) is 0 Å². The SMILES string of the molecule is CC(=O)c1c(C)[nH]c(C(=O)N2CCCC(CO)C2)c1C(C)C. The number of amides is 1. The van der Waals surface area contributed by atoms with E-state index in [9.17, 15) is 14.7 Å². The normalized spacial score (nSPS) is 18.8. The monoisotopic (exact) mass is 306 g/mol. The Kier molecular flexibility index (Phi) is 5.06. The summed E-state index contributed by atoms with van der Waals surface area (Å²) in [7, 11) is 0. The number of Topliss-reactive ketones (excluding diaryl/α,β-unsaturated/α-hetero) is 1. The number of aromatic nitrogens is 1. The Labute approximate surface area is 131 Å². The van der Waals surface area contributed by atoms with Crippen molar-refractivity contribution >= 4 is 11.7 Å². The summed E-state index contributed by atoms with van der Waals surface area (Å²) in [5.74, 6) is 0.186. The molecule has 1 amide bonds. The maximum absolute atomic E-state index is 12.9. The number of aliphatic hydroxyl groups is 1.